The van der Waals surface area contributed by atoms with Crippen LogP contribution in [-0.4, -0.2) is 46.1 Å². The molecule has 3 atom stereocenters. The predicted octanol–water partition coefficient (Wildman–Crippen LogP) is 18.1. The van der Waals surface area contributed by atoms with Crippen LogP contribution in [0.2, 0.25) is 0 Å². The maximum Gasteiger partial charge on any atom is 0.222 e. The molecule has 0 aromatic rings. The van der Waals surface area contributed by atoms with Gasteiger partial charge in [0.25, 0.3) is 0 Å². The standard InChI is InChI=1S/C59H115NO4/c1-3-5-7-9-11-13-15-17-19-21-23-25-27-28-29-31-32-34-36-38-40-42-44-46-48-50-52-56(62)54-59(64)60-57(55-61)58(63)53-51-49-47-45-43-41-39-37-35-33-30-26-24-22-20-18-16-14-12-10-8-6-4-2/h43,45,51,53,56-58,61-63H,3-42,44,46-50,52,54-55H2,1-2H3,(H,60,64)/b45-43+,53-51+. The third kappa shape index (κ3) is 50.2. The second-order valence-corrected chi connectivity index (χ2v) is 20.3. The van der Waals surface area contributed by atoms with Gasteiger partial charge in [-0.25, -0.2) is 0 Å². The summed E-state index contributed by atoms with van der Waals surface area (Å²) in [6.07, 6.45) is 69.5. The molecule has 0 saturated heterocycles. The molecular formula is C59H115NO4. The van der Waals surface area contributed by atoms with Gasteiger partial charge in [-0.05, 0) is 32.1 Å². The summed E-state index contributed by atoms with van der Waals surface area (Å²) in [6, 6.07) is -0.759. The molecule has 0 aliphatic rings. The van der Waals surface area contributed by atoms with Crippen molar-refractivity contribution < 1.29 is 20.1 Å². The first kappa shape index (κ1) is 62.8. The van der Waals surface area contributed by atoms with Crippen molar-refractivity contribution in [3.8, 4) is 0 Å². The summed E-state index contributed by atoms with van der Waals surface area (Å²) in [5, 5.41) is 33.5. The Kier molecular flexibility index (Phi) is 53.4. The van der Waals surface area contributed by atoms with E-state index in [2.05, 4.69) is 31.3 Å². The lowest BCUT2D eigenvalue weighted by molar-refractivity contribution is -0.124. The number of carbonyl (C=O) groups is 1. The van der Waals surface area contributed by atoms with Gasteiger partial charge in [-0.15, -0.1) is 0 Å². The molecule has 0 saturated carbocycles. The fourth-order valence-electron chi connectivity index (χ4n) is 9.30. The van der Waals surface area contributed by atoms with Crippen molar-refractivity contribution in [1.29, 1.82) is 0 Å². The van der Waals surface area contributed by atoms with Gasteiger partial charge in [0, 0.05) is 0 Å². The molecule has 0 rings (SSSR count). The minimum atomic E-state index is -0.950. The summed E-state index contributed by atoms with van der Waals surface area (Å²) in [4.78, 5) is 12.5. The Bertz CT molecular complexity index is 951. The average molecular weight is 903 g/mol. The lowest BCUT2D eigenvalue weighted by Crippen LogP contribution is -2.45. The minimum absolute atomic E-state index is 0.0105. The third-order valence-corrected chi connectivity index (χ3v) is 13.7. The number of rotatable bonds is 54. The first-order valence-corrected chi connectivity index (χ1v) is 29.1. The van der Waals surface area contributed by atoms with Crippen molar-refractivity contribution >= 4 is 5.91 Å². The van der Waals surface area contributed by atoms with Crippen LogP contribution in [0.5, 0.6) is 0 Å². The van der Waals surface area contributed by atoms with E-state index in [1.165, 1.54) is 263 Å². The molecule has 0 radical (unpaired) electrons. The monoisotopic (exact) mass is 902 g/mol. The molecule has 0 aromatic heterocycles. The molecule has 4 N–H and O–H groups in total. The molecule has 64 heavy (non-hydrogen) atoms. The largest absolute Gasteiger partial charge is 0.394 e. The molecule has 3 unspecified atom stereocenters. The van der Waals surface area contributed by atoms with Gasteiger partial charge in [0.05, 0.1) is 31.3 Å². The maximum atomic E-state index is 12.5. The van der Waals surface area contributed by atoms with E-state index in [9.17, 15) is 20.1 Å². The van der Waals surface area contributed by atoms with Crippen molar-refractivity contribution in [2.24, 2.45) is 0 Å². The number of hydrogen-bond donors (Lipinski definition) is 4. The third-order valence-electron chi connectivity index (χ3n) is 13.7. The minimum Gasteiger partial charge on any atom is -0.394 e. The summed E-state index contributed by atoms with van der Waals surface area (Å²) in [5.74, 6) is -0.318. The highest BCUT2D eigenvalue weighted by Crippen LogP contribution is 2.18. The molecule has 0 spiro atoms. The molecule has 0 aliphatic carbocycles. The number of hydrogen-bond acceptors (Lipinski definition) is 4. The van der Waals surface area contributed by atoms with Crippen molar-refractivity contribution in [3.05, 3.63) is 24.3 Å². The number of aliphatic hydroxyl groups is 3. The molecule has 5 nitrogen and oxygen atoms in total. The number of nitrogens with one attached hydrogen (secondary N) is 1. The second-order valence-electron chi connectivity index (χ2n) is 20.3. The zero-order valence-corrected chi connectivity index (χ0v) is 43.4. The maximum absolute atomic E-state index is 12.5. The van der Waals surface area contributed by atoms with Crippen LogP contribution >= 0.6 is 0 Å². The summed E-state index contributed by atoms with van der Waals surface area (Å²) >= 11 is 0. The molecule has 0 aliphatic heterocycles. The van der Waals surface area contributed by atoms with Crippen LogP contribution in [0, 0.1) is 0 Å². The Morgan fingerprint density at radius 2 is 0.672 bits per heavy atom. The van der Waals surface area contributed by atoms with Crippen LogP contribution < -0.4 is 5.32 Å². The molecule has 0 fully saturated rings. The van der Waals surface area contributed by atoms with Crippen LogP contribution in [-0.2, 0) is 4.79 Å². The highest BCUT2D eigenvalue weighted by molar-refractivity contribution is 5.76. The van der Waals surface area contributed by atoms with Crippen molar-refractivity contribution in [3.63, 3.8) is 0 Å². The van der Waals surface area contributed by atoms with Gasteiger partial charge in [0.1, 0.15) is 0 Å². The summed E-state index contributed by atoms with van der Waals surface area (Å²) in [6.45, 7) is 4.25. The van der Waals surface area contributed by atoms with Crippen LogP contribution in [0.25, 0.3) is 0 Å². The van der Waals surface area contributed by atoms with Crippen molar-refractivity contribution in [2.75, 3.05) is 6.61 Å². The van der Waals surface area contributed by atoms with Gasteiger partial charge >= 0.3 is 0 Å². The second kappa shape index (κ2) is 54.4. The lowest BCUT2D eigenvalue weighted by Gasteiger charge is -2.21. The Morgan fingerprint density at radius 3 is 1.00 bits per heavy atom. The quantitative estimate of drug-likeness (QED) is 0.0362. The smallest absolute Gasteiger partial charge is 0.222 e. The Morgan fingerprint density at radius 1 is 0.391 bits per heavy atom. The molecular weight excluding hydrogens is 787 g/mol. The molecule has 5 heteroatoms. The fraction of sp³-hybridized carbons (Fsp3) is 0.915. The Balaban J connectivity index is 3.56. The molecule has 380 valence electrons. The fourth-order valence-corrected chi connectivity index (χ4v) is 9.30. The molecule has 0 aromatic carbocycles. The van der Waals surface area contributed by atoms with E-state index in [1.807, 2.05) is 6.08 Å². The van der Waals surface area contributed by atoms with Crippen LogP contribution in [0.15, 0.2) is 24.3 Å². The Hall–Kier alpha value is -1.17. The highest BCUT2D eigenvalue weighted by Gasteiger charge is 2.20. The summed E-state index contributed by atoms with van der Waals surface area (Å²) in [5.41, 5.74) is 0. The Labute approximate surface area is 401 Å². The van der Waals surface area contributed by atoms with Crippen LogP contribution in [0.1, 0.15) is 322 Å². The van der Waals surface area contributed by atoms with Crippen molar-refractivity contribution in [2.45, 2.75) is 340 Å². The van der Waals surface area contributed by atoms with Crippen molar-refractivity contribution in [1.82, 2.24) is 5.32 Å². The summed E-state index contributed by atoms with van der Waals surface area (Å²) in [7, 11) is 0. The number of aliphatic hydroxyl groups excluding tert-OH is 3. The topological polar surface area (TPSA) is 89.8 Å². The zero-order valence-electron chi connectivity index (χ0n) is 43.4. The lowest BCUT2D eigenvalue weighted by atomic mass is 10.0. The van der Waals surface area contributed by atoms with E-state index < -0.39 is 18.2 Å². The van der Waals surface area contributed by atoms with E-state index in [0.717, 1.165) is 32.1 Å². The van der Waals surface area contributed by atoms with Gasteiger partial charge in [-0.3, -0.25) is 4.79 Å². The van der Waals surface area contributed by atoms with Gasteiger partial charge in [0.2, 0.25) is 5.91 Å². The van der Waals surface area contributed by atoms with E-state index >= 15 is 0 Å². The van der Waals surface area contributed by atoms with E-state index in [0.29, 0.717) is 6.42 Å². The number of amides is 1. The van der Waals surface area contributed by atoms with Gasteiger partial charge in [-0.1, -0.05) is 308 Å². The van der Waals surface area contributed by atoms with Crippen LogP contribution in [0.4, 0.5) is 0 Å². The van der Waals surface area contributed by atoms with Gasteiger partial charge in [0.15, 0.2) is 0 Å². The predicted molar refractivity (Wildman–Crippen MR) is 282 cm³/mol. The normalized spacial score (nSPS) is 13.4. The van der Waals surface area contributed by atoms with E-state index in [-0.39, 0.29) is 18.9 Å². The number of allylic oxidation sites excluding steroid dienone is 3. The number of unbranched alkanes of at least 4 members (excludes halogenated alkanes) is 43. The van der Waals surface area contributed by atoms with E-state index in [1.54, 1.807) is 6.08 Å². The first-order chi connectivity index (χ1) is 31.5. The summed E-state index contributed by atoms with van der Waals surface area (Å²) < 4.78 is 0. The molecule has 0 bridgehead atoms. The molecule has 1 amide bonds. The average Bonchev–Trinajstić information content (AvgIpc) is 3.29. The van der Waals surface area contributed by atoms with Gasteiger partial charge in [-0.2, -0.15) is 0 Å². The zero-order chi connectivity index (χ0) is 46.5. The van der Waals surface area contributed by atoms with Crippen LogP contribution in [0.3, 0.4) is 0 Å². The van der Waals surface area contributed by atoms with E-state index in [4.69, 9.17) is 0 Å². The molecule has 0 heterocycles. The van der Waals surface area contributed by atoms with Gasteiger partial charge < -0.3 is 20.6 Å². The SMILES string of the molecule is CCCCCCCCCCCCCCCCCCC/C=C/CC/C=C/C(O)C(CO)NC(=O)CC(O)CCCCCCCCCCCCCCCCCCCCCCCCCCCC. The number of carbonyl (C=O) groups excluding carboxylic acids is 1. The first-order valence-electron chi connectivity index (χ1n) is 29.1. The highest BCUT2D eigenvalue weighted by atomic mass is 16.3.